The van der Waals surface area contributed by atoms with Crippen LogP contribution in [0.2, 0.25) is 0 Å². The molecule has 2 amide bonds. The first-order chi connectivity index (χ1) is 17.9. The van der Waals surface area contributed by atoms with Gasteiger partial charge in [0.05, 0.1) is 18.6 Å². The van der Waals surface area contributed by atoms with Crippen molar-refractivity contribution in [2.24, 2.45) is 0 Å². The van der Waals surface area contributed by atoms with Crippen molar-refractivity contribution in [2.45, 2.75) is 20.5 Å². The fraction of sp³-hybridized carbons (Fsp3) is 0.179. The molecule has 37 heavy (non-hydrogen) atoms. The van der Waals surface area contributed by atoms with Crippen molar-refractivity contribution in [3.63, 3.8) is 0 Å². The molecule has 0 spiro atoms. The van der Waals surface area contributed by atoms with Crippen molar-refractivity contribution in [3.05, 3.63) is 93.9 Å². The van der Waals surface area contributed by atoms with E-state index in [1.54, 1.807) is 37.5 Å². The molecule has 3 aromatic rings. The minimum atomic E-state index is -0.450. The Morgan fingerprint density at radius 3 is 2.54 bits per heavy atom. The second-order valence-corrected chi connectivity index (χ2v) is 9.78. The molecular formula is C28H26N2O5S2. The van der Waals surface area contributed by atoms with Gasteiger partial charge in [-0.15, -0.1) is 0 Å². The maximum absolute atomic E-state index is 13.0. The third kappa shape index (κ3) is 6.49. The smallest absolute Gasteiger partial charge is 0.285 e. The molecule has 4 rings (SSSR count). The molecule has 190 valence electrons. The van der Waals surface area contributed by atoms with Gasteiger partial charge in [0.1, 0.15) is 12.4 Å². The lowest BCUT2D eigenvalue weighted by atomic mass is 10.1. The highest BCUT2D eigenvalue weighted by Gasteiger charge is 2.33. The highest BCUT2D eigenvalue weighted by molar-refractivity contribution is 8.26. The third-order valence-electron chi connectivity index (χ3n) is 5.40. The second kappa shape index (κ2) is 11.9. The average Bonchev–Trinajstić information content (AvgIpc) is 3.15. The number of carbonyl (C=O) groups is 2. The van der Waals surface area contributed by atoms with Gasteiger partial charge < -0.3 is 14.2 Å². The molecule has 1 saturated heterocycles. The Labute approximate surface area is 225 Å². The van der Waals surface area contributed by atoms with E-state index in [1.807, 2.05) is 50.2 Å². The highest BCUT2D eigenvalue weighted by atomic mass is 32.2. The van der Waals surface area contributed by atoms with E-state index < -0.39 is 11.8 Å². The monoisotopic (exact) mass is 534 g/mol. The van der Waals surface area contributed by atoms with Crippen molar-refractivity contribution in [1.29, 1.82) is 0 Å². The number of hydrogen-bond donors (Lipinski definition) is 1. The fourth-order valence-corrected chi connectivity index (χ4v) is 4.77. The number of aryl methyl sites for hydroxylation is 1. The molecule has 0 radical (unpaired) electrons. The van der Waals surface area contributed by atoms with Crippen molar-refractivity contribution in [1.82, 2.24) is 10.4 Å². The van der Waals surface area contributed by atoms with Gasteiger partial charge >= 0.3 is 0 Å². The van der Waals surface area contributed by atoms with E-state index in [4.69, 9.17) is 26.4 Å². The highest BCUT2D eigenvalue weighted by Crippen LogP contribution is 2.34. The van der Waals surface area contributed by atoms with Crippen LogP contribution in [-0.4, -0.2) is 34.9 Å². The molecular weight excluding hydrogens is 508 g/mol. The number of hydrogen-bond acceptors (Lipinski definition) is 7. The zero-order valence-electron chi connectivity index (χ0n) is 20.6. The summed E-state index contributed by atoms with van der Waals surface area (Å²) in [5.41, 5.74) is 5.93. The molecule has 1 aliphatic heterocycles. The van der Waals surface area contributed by atoms with Gasteiger partial charge in [0.25, 0.3) is 11.8 Å². The normalized spacial score (nSPS) is 14.1. The number of hydrazine groups is 1. The van der Waals surface area contributed by atoms with Crippen LogP contribution in [0, 0.1) is 6.92 Å². The van der Waals surface area contributed by atoms with Crippen molar-refractivity contribution < 1.29 is 23.8 Å². The molecule has 0 aliphatic carbocycles. The molecule has 0 bridgehead atoms. The van der Waals surface area contributed by atoms with E-state index >= 15 is 0 Å². The van der Waals surface area contributed by atoms with Crippen LogP contribution in [-0.2, 0) is 11.4 Å². The van der Waals surface area contributed by atoms with Crippen LogP contribution in [0.15, 0.2) is 71.6 Å². The zero-order valence-corrected chi connectivity index (χ0v) is 22.3. The number of nitrogens with one attached hydrogen (secondary N) is 1. The van der Waals surface area contributed by atoms with E-state index in [0.29, 0.717) is 40.9 Å². The summed E-state index contributed by atoms with van der Waals surface area (Å²) in [5.74, 6) is 0.957. The van der Waals surface area contributed by atoms with Crippen LogP contribution in [0.5, 0.6) is 17.2 Å². The van der Waals surface area contributed by atoms with Gasteiger partial charge in [-0.05, 0) is 79.7 Å². The van der Waals surface area contributed by atoms with Crippen molar-refractivity contribution >= 4 is 46.2 Å². The Kier molecular flexibility index (Phi) is 8.47. The van der Waals surface area contributed by atoms with E-state index in [2.05, 4.69) is 11.5 Å². The number of carbonyl (C=O) groups excluding carboxylic acids is 2. The van der Waals surface area contributed by atoms with Crippen LogP contribution in [0.4, 0.5) is 0 Å². The molecule has 1 heterocycles. The molecule has 7 nitrogen and oxygen atoms in total. The van der Waals surface area contributed by atoms with Gasteiger partial charge in [-0.2, -0.15) is 5.01 Å². The molecule has 0 atom stereocenters. The predicted molar refractivity (Wildman–Crippen MR) is 149 cm³/mol. The lowest BCUT2D eigenvalue weighted by Gasteiger charge is -2.15. The number of methoxy groups -OCH3 is 1. The maximum atomic E-state index is 13.0. The maximum Gasteiger partial charge on any atom is 0.285 e. The summed E-state index contributed by atoms with van der Waals surface area (Å²) in [4.78, 5) is 26.0. The molecule has 1 fully saturated rings. The number of benzene rings is 3. The van der Waals surface area contributed by atoms with Crippen LogP contribution < -0.4 is 19.6 Å². The first kappa shape index (κ1) is 26.2. The van der Waals surface area contributed by atoms with Crippen LogP contribution in [0.1, 0.15) is 34.0 Å². The number of rotatable bonds is 9. The van der Waals surface area contributed by atoms with E-state index in [-0.39, 0.29) is 4.32 Å². The van der Waals surface area contributed by atoms with Crippen molar-refractivity contribution in [3.8, 4) is 17.2 Å². The number of amides is 2. The lowest BCUT2D eigenvalue weighted by Crippen LogP contribution is -2.44. The number of ether oxygens (including phenoxy) is 3. The second-order valence-electron chi connectivity index (χ2n) is 8.10. The number of nitrogens with zero attached hydrogens (tertiary/aromatic N) is 1. The summed E-state index contributed by atoms with van der Waals surface area (Å²) in [7, 11) is 1.55. The average molecular weight is 535 g/mol. The zero-order chi connectivity index (χ0) is 26.4. The first-order valence-electron chi connectivity index (χ1n) is 11.6. The third-order valence-corrected chi connectivity index (χ3v) is 6.70. The van der Waals surface area contributed by atoms with Gasteiger partial charge in [0.15, 0.2) is 15.8 Å². The summed E-state index contributed by atoms with van der Waals surface area (Å²) in [6.07, 6.45) is 1.71. The minimum absolute atomic E-state index is 0.237. The van der Waals surface area contributed by atoms with E-state index in [1.165, 1.54) is 5.56 Å². The lowest BCUT2D eigenvalue weighted by molar-refractivity contribution is -0.123. The van der Waals surface area contributed by atoms with Crippen LogP contribution >= 0.6 is 24.0 Å². The number of thiocarbonyl (C=S) groups is 1. The standard InChI is InChI=1S/C28H26N2O5S2/c1-4-34-24-15-19(8-13-23(24)35-17-20-7-5-6-18(2)14-20)16-25-27(32)30(28(36)37-25)29-26(31)21-9-11-22(33-3)12-10-21/h5-16H,4,17H2,1-3H3,(H,29,31)/b25-16-. The van der Waals surface area contributed by atoms with Gasteiger partial charge in [0.2, 0.25) is 0 Å². The van der Waals surface area contributed by atoms with Gasteiger partial charge in [-0.1, -0.05) is 47.7 Å². The summed E-state index contributed by atoms with van der Waals surface area (Å²) >= 11 is 6.46. The fourth-order valence-electron chi connectivity index (χ4n) is 3.59. The SMILES string of the molecule is CCOc1cc(/C=C2\SC(=S)N(NC(=O)c3ccc(OC)cc3)C2=O)ccc1OCc1cccc(C)c1. The summed E-state index contributed by atoms with van der Waals surface area (Å²) in [5, 5.41) is 1.08. The molecule has 0 aromatic heterocycles. The molecule has 1 aliphatic rings. The molecule has 9 heteroatoms. The van der Waals surface area contributed by atoms with Gasteiger partial charge in [-0.25, -0.2) is 0 Å². The Morgan fingerprint density at radius 2 is 1.84 bits per heavy atom. The molecule has 3 aromatic carbocycles. The Balaban J connectivity index is 1.47. The van der Waals surface area contributed by atoms with Gasteiger partial charge in [-0.3, -0.25) is 15.0 Å². The Bertz CT molecular complexity index is 1350. The Morgan fingerprint density at radius 1 is 1.05 bits per heavy atom. The summed E-state index contributed by atoms with van der Waals surface area (Å²) < 4.78 is 17.2. The largest absolute Gasteiger partial charge is 0.497 e. The minimum Gasteiger partial charge on any atom is -0.497 e. The van der Waals surface area contributed by atoms with Crippen LogP contribution in [0.3, 0.4) is 0 Å². The topological polar surface area (TPSA) is 77.1 Å². The first-order valence-corrected chi connectivity index (χ1v) is 12.8. The predicted octanol–water partition coefficient (Wildman–Crippen LogP) is 5.53. The Hall–Kier alpha value is -3.82. The summed E-state index contributed by atoms with van der Waals surface area (Å²) in [6, 6.07) is 20.2. The van der Waals surface area contributed by atoms with Crippen molar-refractivity contribution in [2.75, 3.05) is 13.7 Å². The van der Waals surface area contributed by atoms with E-state index in [0.717, 1.165) is 27.9 Å². The summed E-state index contributed by atoms with van der Waals surface area (Å²) in [6.45, 7) is 4.81. The molecule has 1 N–H and O–H groups in total. The molecule has 0 saturated carbocycles. The van der Waals surface area contributed by atoms with Crippen LogP contribution in [0.25, 0.3) is 6.08 Å². The molecule has 0 unspecified atom stereocenters. The van der Waals surface area contributed by atoms with Gasteiger partial charge in [0, 0.05) is 5.56 Å². The van der Waals surface area contributed by atoms with E-state index in [9.17, 15) is 9.59 Å². The quantitative estimate of drug-likeness (QED) is 0.286. The number of thioether (sulfide) groups is 1.